The Balaban J connectivity index is 1.16. The maximum atomic E-state index is 14.4. The van der Waals surface area contributed by atoms with Crippen molar-refractivity contribution in [3.63, 3.8) is 0 Å². The number of halogens is 2. The molecule has 11 heteroatoms. The maximum absolute atomic E-state index is 14.4. The van der Waals surface area contributed by atoms with Gasteiger partial charge in [0.1, 0.15) is 24.0 Å². The Morgan fingerprint density at radius 3 is 2.58 bits per heavy atom. The Labute approximate surface area is 247 Å². The van der Waals surface area contributed by atoms with Gasteiger partial charge >= 0.3 is 0 Å². The van der Waals surface area contributed by atoms with E-state index in [2.05, 4.69) is 25.9 Å². The second-order valence-electron chi connectivity index (χ2n) is 12.2. The molecule has 0 radical (unpaired) electrons. The Bertz CT molecular complexity index is 1650. The Morgan fingerprint density at radius 1 is 1.07 bits per heavy atom. The SMILES string of the molecule is CC[C@@]1(c2cc(F)cc(F)c2)CNC2(CCCC2)C(=O)N1CC(=O)Nc1cnc2c(c1)C[C@@]1(C2)C(=O)Nc2ncccc21. The number of anilines is 2. The zero-order chi connectivity index (χ0) is 30.0. The van der Waals surface area contributed by atoms with Gasteiger partial charge in [-0.25, -0.2) is 13.8 Å². The smallest absolute Gasteiger partial charge is 0.244 e. The molecule has 4 heterocycles. The molecule has 1 saturated carbocycles. The average molecular weight is 587 g/mol. The van der Waals surface area contributed by atoms with Gasteiger partial charge in [-0.15, -0.1) is 0 Å². The van der Waals surface area contributed by atoms with Crippen molar-refractivity contribution in [2.45, 2.75) is 68.4 Å². The minimum absolute atomic E-state index is 0.118. The monoisotopic (exact) mass is 586 g/mol. The van der Waals surface area contributed by atoms with E-state index >= 15 is 0 Å². The largest absolute Gasteiger partial charge is 0.323 e. The molecule has 43 heavy (non-hydrogen) atoms. The number of aromatic nitrogens is 2. The highest BCUT2D eigenvalue weighted by Crippen LogP contribution is 2.47. The first-order valence-electron chi connectivity index (χ1n) is 14.8. The second-order valence-corrected chi connectivity index (χ2v) is 12.2. The number of carbonyl (C=O) groups excluding carboxylic acids is 3. The summed E-state index contributed by atoms with van der Waals surface area (Å²) in [5.74, 6) is -1.71. The van der Waals surface area contributed by atoms with E-state index in [0.29, 0.717) is 49.2 Å². The summed E-state index contributed by atoms with van der Waals surface area (Å²) < 4.78 is 28.8. The van der Waals surface area contributed by atoms with Gasteiger partial charge in [0.05, 0.1) is 28.4 Å². The van der Waals surface area contributed by atoms with E-state index in [9.17, 15) is 23.2 Å². The molecule has 2 aromatic heterocycles. The summed E-state index contributed by atoms with van der Waals surface area (Å²) in [6.45, 7) is 1.82. The van der Waals surface area contributed by atoms with Crippen LogP contribution in [0.3, 0.4) is 0 Å². The number of nitrogens with one attached hydrogen (secondary N) is 3. The van der Waals surface area contributed by atoms with Crippen LogP contribution in [0, 0.1) is 11.6 Å². The van der Waals surface area contributed by atoms with Crippen LogP contribution in [0.15, 0.2) is 48.8 Å². The molecule has 3 aromatic rings. The van der Waals surface area contributed by atoms with Crippen LogP contribution >= 0.6 is 0 Å². The molecule has 222 valence electrons. The van der Waals surface area contributed by atoms with Crippen molar-refractivity contribution in [3.05, 3.63) is 82.8 Å². The lowest BCUT2D eigenvalue weighted by Gasteiger charge is -2.53. The Hall–Kier alpha value is -4.25. The summed E-state index contributed by atoms with van der Waals surface area (Å²) >= 11 is 0. The molecule has 2 spiro atoms. The third-order valence-corrected chi connectivity index (χ3v) is 9.93. The molecule has 1 aromatic carbocycles. The number of rotatable bonds is 5. The normalized spacial score (nSPS) is 25.2. The number of hydrogen-bond donors (Lipinski definition) is 3. The molecular formula is C32H32F2N6O3. The molecule has 1 saturated heterocycles. The zero-order valence-corrected chi connectivity index (χ0v) is 23.8. The number of nitrogens with zero attached hydrogens (tertiary/aromatic N) is 3. The number of amides is 3. The maximum Gasteiger partial charge on any atom is 0.244 e. The van der Waals surface area contributed by atoms with E-state index in [4.69, 9.17) is 0 Å². The first-order chi connectivity index (χ1) is 20.7. The highest BCUT2D eigenvalue weighted by atomic mass is 19.1. The van der Waals surface area contributed by atoms with Gasteiger partial charge < -0.3 is 20.9 Å². The molecule has 3 N–H and O–H groups in total. The number of pyridine rings is 2. The van der Waals surface area contributed by atoms with Crippen LogP contribution in [0.25, 0.3) is 0 Å². The van der Waals surface area contributed by atoms with E-state index in [1.165, 1.54) is 17.0 Å². The third-order valence-electron chi connectivity index (χ3n) is 9.93. The van der Waals surface area contributed by atoms with Gasteiger partial charge in [-0.05, 0) is 61.1 Å². The third kappa shape index (κ3) is 4.23. The van der Waals surface area contributed by atoms with Crippen LogP contribution in [0.5, 0.6) is 0 Å². The zero-order valence-electron chi connectivity index (χ0n) is 23.8. The highest BCUT2D eigenvalue weighted by molar-refractivity contribution is 6.06. The van der Waals surface area contributed by atoms with Crippen LogP contribution in [-0.2, 0) is 38.2 Å². The number of piperazine rings is 1. The lowest BCUT2D eigenvalue weighted by molar-refractivity contribution is -0.154. The molecule has 4 aliphatic rings. The molecule has 2 aliphatic heterocycles. The van der Waals surface area contributed by atoms with Crippen molar-refractivity contribution in [1.82, 2.24) is 20.2 Å². The summed E-state index contributed by atoms with van der Waals surface area (Å²) in [4.78, 5) is 51.2. The van der Waals surface area contributed by atoms with E-state index in [1.54, 1.807) is 12.4 Å². The molecule has 7 rings (SSSR count). The van der Waals surface area contributed by atoms with Crippen LogP contribution in [-0.4, -0.2) is 51.2 Å². The van der Waals surface area contributed by atoms with E-state index in [-0.39, 0.29) is 24.9 Å². The van der Waals surface area contributed by atoms with E-state index in [1.807, 2.05) is 25.1 Å². The number of benzene rings is 1. The van der Waals surface area contributed by atoms with Crippen molar-refractivity contribution in [1.29, 1.82) is 0 Å². The van der Waals surface area contributed by atoms with Gasteiger partial charge in [0.15, 0.2) is 0 Å². The van der Waals surface area contributed by atoms with Gasteiger partial charge in [0.2, 0.25) is 17.7 Å². The number of carbonyl (C=O) groups is 3. The number of hydrogen-bond acceptors (Lipinski definition) is 6. The highest BCUT2D eigenvalue weighted by Gasteiger charge is 2.55. The minimum atomic E-state index is -1.12. The summed E-state index contributed by atoms with van der Waals surface area (Å²) in [7, 11) is 0. The van der Waals surface area contributed by atoms with Crippen LogP contribution in [0.4, 0.5) is 20.3 Å². The summed E-state index contributed by atoms with van der Waals surface area (Å²) in [6, 6.07) is 8.82. The standard InChI is InChI=1S/C32H32F2N6O3/c1-2-32(20-11-21(33)13-22(34)12-20)18-37-31(7-3-4-8-31)29(43)40(32)17-26(41)38-23-10-19-14-30(15-25(19)36-16-23)24-6-5-9-35-27(24)39-28(30)42/h5-6,9-13,16,37H,2-4,7-8,14-15,17-18H2,1H3,(H,38,41)(H,35,39,42)/t30-,32-/m0/s1. The quantitative estimate of drug-likeness (QED) is 0.420. The molecule has 2 fully saturated rings. The lowest BCUT2D eigenvalue weighted by atomic mass is 9.78. The van der Waals surface area contributed by atoms with E-state index in [0.717, 1.165) is 35.7 Å². The van der Waals surface area contributed by atoms with Crippen molar-refractivity contribution in [2.75, 3.05) is 23.7 Å². The van der Waals surface area contributed by atoms with E-state index < -0.39 is 34.0 Å². The van der Waals surface area contributed by atoms with Gasteiger partial charge in [-0.1, -0.05) is 25.8 Å². The molecule has 0 bridgehead atoms. The lowest BCUT2D eigenvalue weighted by Crippen LogP contribution is -2.71. The fourth-order valence-corrected chi connectivity index (χ4v) is 7.66. The molecule has 2 atom stereocenters. The van der Waals surface area contributed by atoms with Crippen molar-refractivity contribution < 1.29 is 23.2 Å². The Morgan fingerprint density at radius 2 is 1.84 bits per heavy atom. The summed E-state index contributed by atoms with van der Waals surface area (Å²) in [6.07, 6.45) is 7.45. The molecule has 0 unspecified atom stereocenters. The van der Waals surface area contributed by atoms with Gasteiger partial charge in [0.25, 0.3) is 0 Å². The van der Waals surface area contributed by atoms with Gasteiger partial charge in [0, 0.05) is 36.5 Å². The van der Waals surface area contributed by atoms with Crippen molar-refractivity contribution >= 4 is 29.2 Å². The Kier molecular flexibility index (Phi) is 6.35. The molecule has 3 amide bonds. The fourth-order valence-electron chi connectivity index (χ4n) is 7.66. The van der Waals surface area contributed by atoms with Crippen molar-refractivity contribution in [2.24, 2.45) is 0 Å². The topological polar surface area (TPSA) is 116 Å². The van der Waals surface area contributed by atoms with Crippen molar-refractivity contribution in [3.8, 4) is 0 Å². The van der Waals surface area contributed by atoms with Gasteiger partial charge in [-0.3, -0.25) is 19.4 Å². The first kappa shape index (κ1) is 27.6. The molecule has 9 nitrogen and oxygen atoms in total. The number of fused-ring (bicyclic) bond motifs is 3. The first-order valence-corrected chi connectivity index (χ1v) is 14.8. The fraction of sp³-hybridized carbons (Fsp3) is 0.406. The predicted molar refractivity (Wildman–Crippen MR) is 154 cm³/mol. The van der Waals surface area contributed by atoms with Gasteiger partial charge in [-0.2, -0.15) is 0 Å². The van der Waals surface area contributed by atoms with Crippen LogP contribution in [0.2, 0.25) is 0 Å². The predicted octanol–water partition coefficient (Wildman–Crippen LogP) is 3.73. The summed E-state index contributed by atoms with van der Waals surface area (Å²) in [5, 5.41) is 9.19. The van der Waals surface area contributed by atoms with Crippen LogP contribution < -0.4 is 16.0 Å². The average Bonchev–Trinajstić information content (AvgIpc) is 3.68. The molecular weight excluding hydrogens is 554 g/mol. The van der Waals surface area contributed by atoms with Crippen LogP contribution in [0.1, 0.15) is 61.4 Å². The second kappa shape index (κ2) is 9.90. The molecule has 2 aliphatic carbocycles. The minimum Gasteiger partial charge on any atom is -0.323 e. The summed E-state index contributed by atoms with van der Waals surface area (Å²) in [5.41, 5.74) is 0.531.